The van der Waals surface area contributed by atoms with Crippen LogP contribution in [0.5, 0.6) is 0 Å². The average molecular weight is 279 g/mol. The summed E-state index contributed by atoms with van der Waals surface area (Å²) in [6.07, 6.45) is 0. The minimum absolute atomic E-state index is 0.0754. The summed E-state index contributed by atoms with van der Waals surface area (Å²) in [6.45, 7) is 10.6. The Hall–Kier alpha value is -0.960. The standard InChI is InChI=1S/C16H25NOS/c1-11(2)9-19-10-16(18)17-14(5)15-7-6-12(3)13(4)8-15/h6-8,11,14H,9-10H2,1-5H3,(H,17,18). The fourth-order valence-electron chi connectivity index (χ4n) is 1.79. The van der Waals surface area contributed by atoms with Gasteiger partial charge >= 0.3 is 0 Å². The quantitative estimate of drug-likeness (QED) is 0.856. The third-order valence-corrected chi connectivity index (χ3v) is 4.46. The van der Waals surface area contributed by atoms with E-state index >= 15 is 0 Å². The van der Waals surface area contributed by atoms with Crippen LogP contribution in [0.25, 0.3) is 0 Å². The van der Waals surface area contributed by atoms with E-state index in [2.05, 4.69) is 51.2 Å². The summed E-state index contributed by atoms with van der Waals surface area (Å²) >= 11 is 1.70. The molecule has 0 fully saturated rings. The smallest absolute Gasteiger partial charge is 0.230 e. The van der Waals surface area contributed by atoms with Gasteiger partial charge in [0.1, 0.15) is 0 Å². The molecule has 106 valence electrons. The molecule has 0 bridgehead atoms. The third kappa shape index (κ3) is 5.68. The Kier molecular flexibility index (Phi) is 6.43. The second-order valence-electron chi connectivity index (χ2n) is 5.54. The first-order valence-electron chi connectivity index (χ1n) is 6.84. The van der Waals surface area contributed by atoms with Gasteiger partial charge in [0.15, 0.2) is 0 Å². The van der Waals surface area contributed by atoms with Crippen LogP contribution in [-0.4, -0.2) is 17.4 Å². The van der Waals surface area contributed by atoms with E-state index < -0.39 is 0 Å². The van der Waals surface area contributed by atoms with Gasteiger partial charge in [-0.05, 0) is 49.1 Å². The third-order valence-electron chi connectivity index (χ3n) is 3.09. The highest BCUT2D eigenvalue weighted by atomic mass is 32.2. The molecule has 0 radical (unpaired) electrons. The van der Waals surface area contributed by atoms with E-state index in [1.165, 1.54) is 16.7 Å². The molecule has 0 aromatic heterocycles. The number of carbonyl (C=O) groups is 1. The van der Waals surface area contributed by atoms with Crippen molar-refractivity contribution in [2.75, 3.05) is 11.5 Å². The minimum Gasteiger partial charge on any atom is -0.349 e. The molecule has 1 amide bonds. The van der Waals surface area contributed by atoms with E-state index in [9.17, 15) is 4.79 Å². The van der Waals surface area contributed by atoms with Crippen molar-refractivity contribution in [3.63, 3.8) is 0 Å². The molecule has 1 atom stereocenters. The van der Waals surface area contributed by atoms with Gasteiger partial charge < -0.3 is 5.32 Å². The summed E-state index contributed by atoms with van der Waals surface area (Å²) in [5, 5.41) is 3.06. The molecule has 2 nitrogen and oxygen atoms in total. The highest BCUT2D eigenvalue weighted by Gasteiger charge is 2.10. The molecule has 0 aliphatic carbocycles. The van der Waals surface area contributed by atoms with E-state index in [1.807, 2.05) is 6.92 Å². The van der Waals surface area contributed by atoms with Crippen molar-refractivity contribution in [2.45, 2.75) is 40.7 Å². The van der Waals surface area contributed by atoms with Crippen molar-refractivity contribution in [1.82, 2.24) is 5.32 Å². The van der Waals surface area contributed by atoms with Crippen LogP contribution in [0.4, 0.5) is 0 Å². The van der Waals surface area contributed by atoms with Crippen molar-refractivity contribution < 1.29 is 4.79 Å². The van der Waals surface area contributed by atoms with Gasteiger partial charge in [-0.15, -0.1) is 0 Å². The van der Waals surface area contributed by atoms with Crippen LogP contribution in [0.2, 0.25) is 0 Å². The summed E-state index contributed by atoms with van der Waals surface area (Å²) in [5.74, 6) is 2.34. The number of nitrogens with one attached hydrogen (secondary N) is 1. The summed E-state index contributed by atoms with van der Waals surface area (Å²) in [5.41, 5.74) is 3.73. The van der Waals surface area contributed by atoms with Crippen LogP contribution in [0, 0.1) is 19.8 Å². The number of thioether (sulfide) groups is 1. The van der Waals surface area contributed by atoms with Crippen molar-refractivity contribution in [1.29, 1.82) is 0 Å². The first kappa shape index (κ1) is 16.1. The number of hydrogen-bond acceptors (Lipinski definition) is 2. The van der Waals surface area contributed by atoms with Crippen molar-refractivity contribution >= 4 is 17.7 Å². The first-order chi connectivity index (χ1) is 8.90. The molecule has 1 aromatic carbocycles. The Morgan fingerprint density at radius 2 is 1.89 bits per heavy atom. The lowest BCUT2D eigenvalue weighted by Gasteiger charge is -2.16. The van der Waals surface area contributed by atoms with Gasteiger partial charge in [0.25, 0.3) is 0 Å². The lowest BCUT2D eigenvalue weighted by atomic mass is 10.0. The number of benzene rings is 1. The second kappa shape index (κ2) is 7.59. The normalized spacial score (nSPS) is 12.5. The molecular formula is C16H25NOS. The molecule has 0 saturated carbocycles. The molecule has 0 aliphatic heterocycles. The number of carbonyl (C=O) groups excluding carboxylic acids is 1. The van der Waals surface area contributed by atoms with Gasteiger partial charge in [-0.1, -0.05) is 32.0 Å². The summed E-state index contributed by atoms with van der Waals surface area (Å²) in [6, 6.07) is 6.43. The molecule has 19 heavy (non-hydrogen) atoms. The number of amides is 1. The zero-order valence-electron chi connectivity index (χ0n) is 12.6. The summed E-state index contributed by atoms with van der Waals surface area (Å²) in [7, 11) is 0. The average Bonchev–Trinajstić information content (AvgIpc) is 2.32. The van der Waals surface area contributed by atoms with Gasteiger partial charge in [0.05, 0.1) is 11.8 Å². The van der Waals surface area contributed by atoms with E-state index in [0.29, 0.717) is 11.7 Å². The van der Waals surface area contributed by atoms with Crippen LogP contribution >= 0.6 is 11.8 Å². The summed E-state index contributed by atoms with van der Waals surface area (Å²) in [4.78, 5) is 11.8. The monoisotopic (exact) mass is 279 g/mol. The van der Waals surface area contributed by atoms with Crippen LogP contribution < -0.4 is 5.32 Å². The lowest BCUT2D eigenvalue weighted by Crippen LogP contribution is -2.28. The maximum absolute atomic E-state index is 11.8. The van der Waals surface area contributed by atoms with Gasteiger partial charge in [0, 0.05) is 0 Å². The molecule has 0 heterocycles. The molecule has 1 unspecified atom stereocenters. The number of rotatable bonds is 6. The van der Waals surface area contributed by atoms with Crippen LogP contribution in [0.1, 0.15) is 43.5 Å². The Labute approximate surface area is 121 Å². The lowest BCUT2D eigenvalue weighted by molar-refractivity contribution is -0.119. The van der Waals surface area contributed by atoms with E-state index in [1.54, 1.807) is 11.8 Å². The molecular weight excluding hydrogens is 254 g/mol. The van der Waals surface area contributed by atoms with Gasteiger partial charge in [-0.3, -0.25) is 4.79 Å². The summed E-state index contributed by atoms with van der Waals surface area (Å²) < 4.78 is 0. The number of aryl methyl sites for hydroxylation is 2. The van der Waals surface area contributed by atoms with Crippen molar-refractivity contribution in [3.8, 4) is 0 Å². The highest BCUT2D eigenvalue weighted by Crippen LogP contribution is 2.17. The van der Waals surface area contributed by atoms with Crippen molar-refractivity contribution in [3.05, 3.63) is 34.9 Å². The van der Waals surface area contributed by atoms with Gasteiger partial charge in [0.2, 0.25) is 5.91 Å². The van der Waals surface area contributed by atoms with E-state index in [0.717, 1.165) is 5.75 Å². The predicted molar refractivity (Wildman–Crippen MR) is 84.6 cm³/mol. The second-order valence-corrected chi connectivity index (χ2v) is 6.57. The topological polar surface area (TPSA) is 29.1 Å². The van der Waals surface area contributed by atoms with Crippen LogP contribution in [0.3, 0.4) is 0 Å². The number of hydrogen-bond donors (Lipinski definition) is 1. The van der Waals surface area contributed by atoms with E-state index in [4.69, 9.17) is 0 Å². The van der Waals surface area contributed by atoms with Crippen LogP contribution in [0.15, 0.2) is 18.2 Å². The Morgan fingerprint density at radius 3 is 2.47 bits per heavy atom. The molecule has 1 aromatic rings. The maximum atomic E-state index is 11.8. The van der Waals surface area contributed by atoms with E-state index in [-0.39, 0.29) is 11.9 Å². The molecule has 1 rings (SSSR count). The molecule has 0 saturated heterocycles. The largest absolute Gasteiger partial charge is 0.349 e. The molecule has 3 heteroatoms. The Morgan fingerprint density at radius 1 is 1.21 bits per heavy atom. The van der Waals surface area contributed by atoms with Gasteiger partial charge in [-0.2, -0.15) is 11.8 Å². The maximum Gasteiger partial charge on any atom is 0.230 e. The molecule has 0 spiro atoms. The zero-order valence-corrected chi connectivity index (χ0v) is 13.4. The van der Waals surface area contributed by atoms with Gasteiger partial charge in [-0.25, -0.2) is 0 Å². The fraction of sp³-hybridized carbons (Fsp3) is 0.562. The fourth-order valence-corrected chi connectivity index (χ4v) is 2.65. The minimum atomic E-state index is 0.0754. The molecule has 1 N–H and O–H groups in total. The Bertz CT molecular complexity index is 429. The van der Waals surface area contributed by atoms with Crippen LogP contribution in [-0.2, 0) is 4.79 Å². The first-order valence-corrected chi connectivity index (χ1v) is 8.00. The van der Waals surface area contributed by atoms with Crippen molar-refractivity contribution in [2.24, 2.45) is 5.92 Å². The Balaban J connectivity index is 2.47. The predicted octanol–water partition coefficient (Wildman–Crippen LogP) is 3.87. The zero-order chi connectivity index (χ0) is 14.4. The highest BCUT2D eigenvalue weighted by molar-refractivity contribution is 7.99. The SMILES string of the molecule is Cc1ccc(C(C)NC(=O)CSCC(C)C)cc1C. The molecule has 0 aliphatic rings.